The molecule has 0 aromatic heterocycles. The van der Waals surface area contributed by atoms with Crippen LogP contribution in [-0.2, 0) is 11.2 Å². The zero-order valence-electron chi connectivity index (χ0n) is 12.0. The minimum absolute atomic E-state index is 0.0890. The summed E-state index contributed by atoms with van der Waals surface area (Å²) in [6.45, 7) is 1.44. The fourth-order valence-electron chi connectivity index (χ4n) is 1.64. The van der Waals surface area contributed by atoms with Crippen molar-refractivity contribution >= 4 is 12.0 Å². The fraction of sp³-hybridized carbons (Fsp3) is 0.429. The number of carbonyl (C=O) groups excluding carboxylic acids is 1. The SMILES string of the molecule is CC(CO)N(C)C(=O)N[C@@H](Cc1ccc(O)cc1)C(=O)O. The molecular weight excluding hydrogens is 276 g/mol. The van der Waals surface area contributed by atoms with E-state index < -0.39 is 24.1 Å². The summed E-state index contributed by atoms with van der Waals surface area (Å²) in [5, 5.41) is 29.8. The van der Waals surface area contributed by atoms with E-state index in [0.717, 1.165) is 0 Å². The minimum Gasteiger partial charge on any atom is -0.508 e. The summed E-state index contributed by atoms with van der Waals surface area (Å²) in [5.41, 5.74) is 0.679. The molecule has 0 radical (unpaired) electrons. The number of nitrogens with zero attached hydrogens (tertiary/aromatic N) is 1. The Kier molecular flexibility index (Phi) is 5.98. The first-order valence-electron chi connectivity index (χ1n) is 6.50. The Morgan fingerprint density at radius 3 is 2.33 bits per heavy atom. The van der Waals surface area contributed by atoms with Crippen LogP contribution in [0.5, 0.6) is 5.75 Å². The van der Waals surface area contributed by atoms with Crippen LogP contribution in [0.2, 0.25) is 0 Å². The molecule has 0 heterocycles. The standard InChI is InChI=1S/C14H20N2O5/c1-9(8-17)16(2)14(21)15-12(13(19)20)7-10-3-5-11(18)6-4-10/h3-6,9,12,17-18H,7-8H2,1-2H3,(H,15,21)(H,19,20)/t9?,12-/m0/s1. The molecule has 0 aliphatic rings. The number of hydrogen-bond donors (Lipinski definition) is 4. The highest BCUT2D eigenvalue weighted by Crippen LogP contribution is 2.11. The molecule has 0 spiro atoms. The maximum absolute atomic E-state index is 11.9. The topological polar surface area (TPSA) is 110 Å². The number of likely N-dealkylation sites (N-methyl/N-ethyl adjacent to an activating group) is 1. The number of aliphatic hydroxyl groups excluding tert-OH is 1. The van der Waals surface area contributed by atoms with E-state index in [9.17, 15) is 19.8 Å². The number of nitrogens with one attached hydrogen (secondary N) is 1. The lowest BCUT2D eigenvalue weighted by molar-refractivity contribution is -0.139. The van der Waals surface area contributed by atoms with E-state index in [-0.39, 0.29) is 18.8 Å². The summed E-state index contributed by atoms with van der Waals surface area (Å²) in [4.78, 5) is 24.4. The van der Waals surface area contributed by atoms with Crippen molar-refractivity contribution in [1.29, 1.82) is 0 Å². The summed E-state index contributed by atoms with van der Waals surface area (Å²) in [6, 6.07) is 4.03. The molecule has 0 bridgehead atoms. The lowest BCUT2D eigenvalue weighted by atomic mass is 10.1. The van der Waals surface area contributed by atoms with E-state index in [4.69, 9.17) is 5.11 Å². The van der Waals surface area contributed by atoms with Gasteiger partial charge in [-0.15, -0.1) is 0 Å². The van der Waals surface area contributed by atoms with Gasteiger partial charge in [0.05, 0.1) is 12.6 Å². The van der Waals surface area contributed by atoms with Gasteiger partial charge in [0.1, 0.15) is 11.8 Å². The maximum atomic E-state index is 11.9. The van der Waals surface area contributed by atoms with Crippen LogP contribution in [0.25, 0.3) is 0 Å². The predicted molar refractivity (Wildman–Crippen MR) is 76.1 cm³/mol. The fourth-order valence-corrected chi connectivity index (χ4v) is 1.64. The molecule has 0 saturated carbocycles. The van der Waals surface area contributed by atoms with Gasteiger partial charge in [-0.25, -0.2) is 9.59 Å². The van der Waals surface area contributed by atoms with Gasteiger partial charge in [-0.1, -0.05) is 12.1 Å². The molecule has 2 amide bonds. The molecule has 1 unspecified atom stereocenters. The third kappa shape index (κ3) is 4.96. The number of rotatable bonds is 6. The summed E-state index contributed by atoms with van der Waals surface area (Å²) < 4.78 is 0. The second-order valence-electron chi connectivity index (χ2n) is 4.85. The Bertz CT molecular complexity index is 489. The summed E-state index contributed by atoms with van der Waals surface area (Å²) in [6.07, 6.45) is 0.0999. The second-order valence-corrected chi connectivity index (χ2v) is 4.85. The number of hydrogen-bond acceptors (Lipinski definition) is 4. The largest absolute Gasteiger partial charge is 0.508 e. The van der Waals surface area contributed by atoms with Gasteiger partial charge < -0.3 is 25.5 Å². The number of phenols is 1. The number of amides is 2. The summed E-state index contributed by atoms with van der Waals surface area (Å²) in [7, 11) is 1.48. The number of aliphatic hydroxyl groups is 1. The van der Waals surface area contributed by atoms with Crippen LogP contribution >= 0.6 is 0 Å². The van der Waals surface area contributed by atoms with Gasteiger partial charge in [-0.05, 0) is 24.6 Å². The highest BCUT2D eigenvalue weighted by atomic mass is 16.4. The lowest BCUT2D eigenvalue weighted by Crippen LogP contribution is -2.50. The van der Waals surface area contributed by atoms with Gasteiger partial charge in [-0.2, -0.15) is 0 Å². The zero-order valence-corrected chi connectivity index (χ0v) is 12.0. The van der Waals surface area contributed by atoms with Crippen LogP contribution in [0.15, 0.2) is 24.3 Å². The number of aromatic hydroxyl groups is 1. The lowest BCUT2D eigenvalue weighted by Gasteiger charge is -2.25. The van der Waals surface area contributed by atoms with Crippen LogP contribution in [-0.4, -0.2) is 58.0 Å². The predicted octanol–water partition coefficient (Wildman–Crippen LogP) is 0.410. The molecule has 116 valence electrons. The van der Waals surface area contributed by atoms with E-state index in [1.54, 1.807) is 19.1 Å². The monoisotopic (exact) mass is 296 g/mol. The number of carbonyl (C=O) groups is 2. The van der Waals surface area contributed by atoms with Gasteiger partial charge >= 0.3 is 12.0 Å². The highest BCUT2D eigenvalue weighted by Gasteiger charge is 2.23. The van der Waals surface area contributed by atoms with Crippen LogP contribution in [0.3, 0.4) is 0 Å². The number of benzene rings is 1. The molecule has 7 heteroatoms. The third-order valence-electron chi connectivity index (χ3n) is 3.22. The molecule has 1 aromatic rings. The summed E-state index contributed by atoms with van der Waals surface area (Å²) >= 11 is 0. The number of carboxylic acid groups (broad SMARTS) is 1. The van der Waals surface area contributed by atoms with Crippen molar-refractivity contribution in [2.45, 2.75) is 25.4 Å². The molecule has 0 aliphatic heterocycles. The molecule has 21 heavy (non-hydrogen) atoms. The van der Waals surface area contributed by atoms with Crippen molar-refractivity contribution in [2.75, 3.05) is 13.7 Å². The average Bonchev–Trinajstić information content (AvgIpc) is 2.46. The first-order chi connectivity index (χ1) is 9.85. The van der Waals surface area contributed by atoms with E-state index in [0.29, 0.717) is 5.56 Å². The zero-order chi connectivity index (χ0) is 16.0. The molecule has 2 atom stereocenters. The Labute approximate surface area is 122 Å². The van der Waals surface area contributed by atoms with Gasteiger partial charge in [0.15, 0.2) is 0 Å². The number of aliphatic carboxylic acids is 1. The van der Waals surface area contributed by atoms with Crippen molar-refractivity contribution in [3.63, 3.8) is 0 Å². The van der Waals surface area contributed by atoms with E-state index in [1.807, 2.05) is 0 Å². The van der Waals surface area contributed by atoms with Crippen LogP contribution in [0.1, 0.15) is 12.5 Å². The highest BCUT2D eigenvalue weighted by molar-refractivity contribution is 5.82. The number of phenolic OH excluding ortho intramolecular Hbond substituents is 1. The third-order valence-corrected chi connectivity index (χ3v) is 3.22. The van der Waals surface area contributed by atoms with Crippen molar-refractivity contribution in [1.82, 2.24) is 10.2 Å². The maximum Gasteiger partial charge on any atom is 0.326 e. The van der Waals surface area contributed by atoms with Crippen molar-refractivity contribution in [3.05, 3.63) is 29.8 Å². The Morgan fingerprint density at radius 2 is 1.86 bits per heavy atom. The first kappa shape index (κ1) is 16.8. The minimum atomic E-state index is -1.15. The Morgan fingerprint density at radius 1 is 1.29 bits per heavy atom. The van der Waals surface area contributed by atoms with Crippen LogP contribution in [0.4, 0.5) is 4.79 Å². The molecule has 1 aromatic carbocycles. The Balaban J connectivity index is 2.72. The van der Waals surface area contributed by atoms with Crippen molar-refractivity contribution in [2.24, 2.45) is 0 Å². The van der Waals surface area contributed by atoms with E-state index >= 15 is 0 Å². The molecule has 0 saturated heterocycles. The van der Waals surface area contributed by atoms with Gasteiger partial charge in [0.25, 0.3) is 0 Å². The number of urea groups is 1. The summed E-state index contributed by atoms with van der Waals surface area (Å²) in [5.74, 6) is -1.06. The number of carboxylic acids is 1. The Hall–Kier alpha value is -2.28. The molecule has 7 nitrogen and oxygen atoms in total. The van der Waals surface area contributed by atoms with Gasteiger partial charge in [0.2, 0.25) is 0 Å². The molecule has 0 aliphatic carbocycles. The second kappa shape index (κ2) is 7.49. The van der Waals surface area contributed by atoms with E-state index in [2.05, 4.69) is 5.32 Å². The van der Waals surface area contributed by atoms with Crippen LogP contribution in [0, 0.1) is 0 Å². The molecule has 4 N–H and O–H groups in total. The van der Waals surface area contributed by atoms with Crippen molar-refractivity contribution in [3.8, 4) is 5.75 Å². The van der Waals surface area contributed by atoms with Crippen molar-refractivity contribution < 1.29 is 24.9 Å². The molecule has 0 fully saturated rings. The quantitative estimate of drug-likeness (QED) is 0.608. The van der Waals surface area contributed by atoms with E-state index in [1.165, 1.54) is 24.1 Å². The van der Waals surface area contributed by atoms with Gasteiger partial charge in [0, 0.05) is 13.5 Å². The molecule has 1 rings (SSSR count). The average molecular weight is 296 g/mol. The van der Waals surface area contributed by atoms with Gasteiger partial charge in [-0.3, -0.25) is 0 Å². The normalized spacial score (nSPS) is 13.3. The molecular formula is C14H20N2O5. The first-order valence-corrected chi connectivity index (χ1v) is 6.50. The van der Waals surface area contributed by atoms with Crippen LogP contribution < -0.4 is 5.32 Å². The smallest absolute Gasteiger partial charge is 0.326 e.